The number of hydrogen-bond acceptors (Lipinski definition) is 2. The Bertz CT molecular complexity index is 179. The Kier molecular flexibility index (Phi) is 7.71. The summed E-state index contributed by atoms with van der Waals surface area (Å²) in [6.45, 7) is 13.5. The fourth-order valence-corrected chi connectivity index (χ4v) is 1.20. The van der Waals surface area contributed by atoms with Gasteiger partial charge in [0.15, 0.2) is 0 Å². The summed E-state index contributed by atoms with van der Waals surface area (Å²) >= 11 is 0. The summed E-state index contributed by atoms with van der Waals surface area (Å²) in [5.41, 5.74) is 1.56. The molecule has 0 unspecified atom stereocenters. The standard InChI is InChI=1S/C13H27NO/c1-6-10-15-11-12(2)8-7-9-14-13(3,4)5/h8,14H,6-7,9-11H2,1-5H3. The molecule has 0 aromatic carbocycles. The number of hydrogen-bond donors (Lipinski definition) is 1. The zero-order valence-corrected chi connectivity index (χ0v) is 11.0. The fraction of sp³-hybridized carbons (Fsp3) is 0.846. The average Bonchev–Trinajstić information content (AvgIpc) is 2.11. The van der Waals surface area contributed by atoms with E-state index >= 15 is 0 Å². The minimum Gasteiger partial charge on any atom is -0.377 e. The molecule has 0 spiro atoms. The summed E-state index contributed by atoms with van der Waals surface area (Å²) in [6, 6.07) is 0. The molecule has 0 aromatic rings. The maximum Gasteiger partial charge on any atom is 0.0674 e. The van der Waals surface area contributed by atoms with Crippen LogP contribution in [0.25, 0.3) is 0 Å². The zero-order chi connectivity index (χ0) is 11.7. The normalized spacial score (nSPS) is 13.3. The van der Waals surface area contributed by atoms with Gasteiger partial charge in [-0.15, -0.1) is 0 Å². The van der Waals surface area contributed by atoms with Crippen molar-refractivity contribution >= 4 is 0 Å². The molecule has 0 fully saturated rings. The third-order valence-electron chi connectivity index (χ3n) is 1.97. The van der Waals surface area contributed by atoms with Gasteiger partial charge < -0.3 is 10.1 Å². The first-order valence-electron chi connectivity index (χ1n) is 5.94. The molecular weight excluding hydrogens is 186 g/mol. The van der Waals surface area contributed by atoms with Crippen molar-refractivity contribution in [2.24, 2.45) is 0 Å². The second kappa shape index (κ2) is 7.89. The van der Waals surface area contributed by atoms with Gasteiger partial charge in [0.05, 0.1) is 6.61 Å². The predicted molar refractivity (Wildman–Crippen MR) is 67.2 cm³/mol. The van der Waals surface area contributed by atoms with Crippen LogP contribution in [0.3, 0.4) is 0 Å². The summed E-state index contributed by atoms with van der Waals surface area (Å²) in [5, 5.41) is 3.46. The van der Waals surface area contributed by atoms with Crippen molar-refractivity contribution in [1.29, 1.82) is 0 Å². The van der Waals surface area contributed by atoms with E-state index < -0.39 is 0 Å². The monoisotopic (exact) mass is 213 g/mol. The third-order valence-corrected chi connectivity index (χ3v) is 1.97. The van der Waals surface area contributed by atoms with E-state index in [1.54, 1.807) is 0 Å². The third kappa shape index (κ3) is 11.6. The molecule has 0 radical (unpaired) electrons. The molecule has 0 rings (SSSR count). The van der Waals surface area contributed by atoms with Gasteiger partial charge in [0, 0.05) is 12.1 Å². The van der Waals surface area contributed by atoms with Crippen LogP contribution in [0.5, 0.6) is 0 Å². The summed E-state index contributed by atoms with van der Waals surface area (Å²) in [4.78, 5) is 0. The highest BCUT2D eigenvalue weighted by atomic mass is 16.5. The quantitative estimate of drug-likeness (QED) is 0.518. The largest absolute Gasteiger partial charge is 0.377 e. The molecule has 0 saturated heterocycles. The van der Waals surface area contributed by atoms with E-state index in [1.165, 1.54) is 5.57 Å². The molecule has 0 aliphatic carbocycles. The first kappa shape index (κ1) is 14.7. The fourth-order valence-electron chi connectivity index (χ4n) is 1.20. The van der Waals surface area contributed by atoms with Crippen molar-refractivity contribution in [3.63, 3.8) is 0 Å². The molecular formula is C13H27NO. The van der Waals surface area contributed by atoms with E-state index in [9.17, 15) is 0 Å². The summed E-state index contributed by atoms with van der Waals surface area (Å²) < 4.78 is 5.45. The molecule has 0 aliphatic heterocycles. The van der Waals surface area contributed by atoms with Gasteiger partial charge >= 0.3 is 0 Å². The lowest BCUT2D eigenvalue weighted by atomic mass is 10.1. The molecule has 2 nitrogen and oxygen atoms in total. The molecule has 0 aliphatic rings. The SMILES string of the molecule is CCCOCC(C)=CCCNC(C)(C)C. The van der Waals surface area contributed by atoms with Crippen LogP contribution in [0.4, 0.5) is 0 Å². The van der Waals surface area contributed by atoms with Gasteiger partial charge in [-0.05, 0) is 47.1 Å². The molecule has 1 N–H and O–H groups in total. The second-order valence-corrected chi connectivity index (χ2v) is 5.07. The Balaban J connectivity index is 3.50. The molecule has 90 valence electrons. The Hall–Kier alpha value is -0.340. The van der Waals surface area contributed by atoms with Crippen LogP contribution in [-0.4, -0.2) is 25.3 Å². The van der Waals surface area contributed by atoms with Crippen LogP contribution in [0, 0.1) is 0 Å². The molecule has 0 amide bonds. The van der Waals surface area contributed by atoms with Crippen LogP contribution in [0.1, 0.15) is 47.5 Å². The van der Waals surface area contributed by atoms with E-state index in [0.717, 1.165) is 32.6 Å². The number of ether oxygens (including phenoxy) is 1. The van der Waals surface area contributed by atoms with Crippen molar-refractivity contribution in [1.82, 2.24) is 5.32 Å². The van der Waals surface area contributed by atoms with Gasteiger partial charge in [0.25, 0.3) is 0 Å². The highest BCUT2D eigenvalue weighted by Gasteiger charge is 2.06. The lowest BCUT2D eigenvalue weighted by Gasteiger charge is -2.19. The minimum atomic E-state index is 0.223. The topological polar surface area (TPSA) is 21.3 Å². The highest BCUT2D eigenvalue weighted by molar-refractivity contribution is 4.98. The molecule has 0 aromatic heterocycles. The molecule has 0 saturated carbocycles. The first-order valence-corrected chi connectivity index (χ1v) is 5.94. The van der Waals surface area contributed by atoms with Crippen LogP contribution < -0.4 is 5.32 Å². The van der Waals surface area contributed by atoms with Crippen LogP contribution in [-0.2, 0) is 4.74 Å². The minimum absolute atomic E-state index is 0.223. The van der Waals surface area contributed by atoms with Gasteiger partial charge in [-0.3, -0.25) is 0 Å². The summed E-state index contributed by atoms with van der Waals surface area (Å²) in [7, 11) is 0. The average molecular weight is 213 g/mol. The first-order chi connectivity index (χ1) is 6.95. The Morgan fingerprint density at radius 2 is 2.00 bits per heavy atom. The smallest absolute Gasteiger partial charge is 0.0674 e. The van der Waals surface area contributed by atoms with Gasteiger partial charge in [-0.25, -0.2) is 0 Å². The Morgan fingerprint density at radius 1 is 1.33 bits per heavy atom. The maximum absolute atomic E-state index is 5.45. The van der Waals surface area contributed by atoms with Gasteiger partial charge in [0.2, 0.25) is 0 Å². The molecule has 2 heteroatoms. The molecule has 15 heavy (non-hydrogen) atoms. The number of nitrogens with one attached hydrogen (secondary N) is 1. The van der Waals surface area contributed by atoms with Crippen LogP contribution in [0.2, 0.25) is 0 Å². The summed E-state index contributed by atoms with van der Waals surface area (Å²) in [5.74, 6) is 0. The molecule has 0 bridgehead atoms. The summed E-state index contributed by atoms with van der Waals surface area (Å²) in [6.07, 6.45) is 4.44. The zero-order valence-electron chi connectivity index (χ0n) is 11.0. The van der Waals surface area contributed by atoms with Gasteiger partial charge in [0.1, 0.15) is 0 Å². The lowest BCUT2D eigenvalue weighted by Crippen LogP contribution is -2.36. The maximum atomic E-state index is 5.45. The van der Waals surface area contributed by atoms with Gasteiger partial charge in [-0.2, -0.15) is 0 Å². The van der Waals surface area contributed by atoms with E-state index in [2.05, 4.69) is 46.0 Å². The van der Waals surface area contributed by atoms with E-state index in [1.807, 2.05) is 0 Å². The van der Waals surface area contributed by atoms with Gasteiger partial charge in [-0.1, -0.05) is 18.6 Å². The molecule has 0 heterocycles. The van der Waals surface area contributed by atoms with Crippen LogP contribution >= 0.6 is 0 Å². The lowest BCUT2D eigenvalue weighted by molar-refractivity contribution is 0.156. The highest BCUT2D eigenvalue weighted by Crippen LogP contribution is 2.00. The second-order valence-electron chi connectivity index (χ2n) is 5.07. The van der Waals surface area contributed by atoms with E-state index in [-0.39, 0.29) is 5.54 Å². The number of rotatable bonds is 7. The van der Waals surface area contributed by atoms with E-state index in [0.29, 0.717) is 0 Å². The van der Waals surface area contributed by atoms with Crippen molar-refractivity contribution < 1.29 is 4.74 Å². The Morgan fingerprint density at radius 3 is 2.53 bits per heavy atom. The van der Waals surface area contributed by atoms with E-state index in [4.69, 9.17) is 4.74 Å². The van der Waals surface area contributed by atoms with Crippen molar-refractivity contribution in [2.75, 3.05) is 19.8 Å². The predicted octanol–water partition coefficient (Wildman–Crippen LogP) is 3.14. The van der Waals surface area contributed by atoms with Crippen molar-refractivity contribution in [2.45, 2.75) is 53.0 Å². The van der Waals surface area contributed by atoms with Crippen LogP contribution in [0.15, 0.2) is 11.6 Å². The van der Waals surface area contributed by atoms with Crippen molar-refractivity contribution in [3.05, 3.63) is 11.6 Å². The Labute approximate surface area is 95.1 Å². The molecule has 0 atom stereocenters. The van der Waals surface area contributed by atoms with Crippen molar-refractivity contribution in [3.8, 4) is 0 Å².